The Labute approximate surface area is 117 Å². The minimum absolute atomic E-state index is 0.301. The number of hydrogen-bond donors (Lipinski definition) is 2. The summed E-state index contributed by atoms with van der Waals surface area (Å²) >= 11 is 0. The van der Waals surface area contributed by atoms with Gasteiger partial charge in [-0.3, -0.25) is 0 Å². The molecule has 2 rings (SSSR count). The van der Waals surface area contributed by atoms with Crippen molar-refractivity contribution >= 4 is 11.6 Å². The van der Waals surface area contributed by atoms with Crippen molar-refractivity contribution in [2.24, 2.45) is 0 Å². The number of nitrogens with zero attached hydrogens (tertiary/aromatic N) is 3. The third-order valence-corrected chi connectivity index (χ3v) is 2.89. The zero-order chi connectivity index (χ0) is 14.5. The molecule has 0 aliphatic carbocycles. The average molecular weight is 271 g/mol. The number of hydrogen-bond acceptors (Lipinski definition) is 5. The summed E-state index contributed by atoms with van der Waals surface area (Å²) in [5.74, 6) is 1.45. The number of anilines is 2. The normalized spacial score (nSPS) is 10.1. The van der Waals surface area contributed by atoms with Crippen LogP contribution in [0.25, 0.3) is 5.69 Å². The van der Waals surface area contributed by atoms with Crippen LogP contribution in [0.1, 0.15) is 18.9 Å². The molecule has 0 fully saturated rings. The van der Waals surface area contributed by atoms with Gasteiger partial charge in [0.2, 0.25) is 0 Å². The summed E-state index contributed by atoms with van der Waals surface area (Å²) in [7, 11) is 1.58. The zero-order valence-electron chi connectivity index (χ0n) is 11.6. The van der Waals surface area contributed by atoms with Gasteiger partial charge in [-0.25, -0.2) is 4.68 Å². The van der Waals surface area contributed by atoms with E-state index in [0.29, 0.717) is 28.6 Å². The molecular weight excluding hydrogens is 254 g/mol. The number of aromatic nitrogens is 2. The van der Waals surface area contributed by atoms with Crippen LogP contribution in [0, 0.1) is 11.3 Å². The summed E-state index contributed by atoms with van der Waals surface area (Å²) in [4.78, 5) is 0. The van der Waals surface area contributed by atoms with Crippen LogP contribution in [-0.4, -0.2) is 23.4 Å². The van der Waals surface area contributed by atoms with E-state index in [2.05, 4.69) is 16.5 Å². The highest BCUT2D eigenvalue weighted by Crippen LogP contribution is 2.29. The van der Waals surface area contributed by atoms with Crippen LogP contribution in [0.5, 0.6) is 5.75 Å². The fraction of sp³-hybridized carbons (Fsp3) is 0.286. The van der Waals surface area contributed by atoms with Crippen molar-refractivity contribution in [2.75, 3.05) is 24.7 Å². The summed E-state index contributed by atoms with van der Waals surface area (Å²) in [6.45, 7) is 2.77. The molecule has 0 aliphatic heterocycles. The predicted octanol–water partition coefficient (Wildman–Crippen LogP) is 2.16. The first-order valence-corrected chi connectivity index (χ1v) is 6.38. The zero-order valence-corrected chi connectivity index (χ0v) is 11.6. The van der Waals surface area contributed by atoms with Crippen molar-refractivity contribution in [1.29, 1.82) is 5.26 Å². The summed E-state index contributed by atoms with van der Waals surface area (Å²) < 4.78 is 6.82. The first-order chi connectivity index (χ1) is 9.72. The van der Waals surface area contributed by atoms with E-state index in [1.807, 2.05) is 31.2 Å². The molecule has 0 aliphatic rings. The molecular formula is C14H17N5O. The molecule has 0 unspecified atom stereocenters. The second-order valence-corrected chi connectivity index (χ2v) is 4.23. The van der Waals surface area contributed by atoms with Crippen molar-refractivity contribution in [2.45, 2.75) is 13.3 Å². The highest BCUT2D eigenvalue weighted by atomic mass is 16.5. The Morgan fingerprint density at radius 3 is 2.85 bits per heavy atom. The van der Waals surface area contributed by atoms with E-state index in [4.69, 9.17) is 10.5 Å². The van der Waals surface area contributed by atoms with Crippen LogP contribution in [0.2, 0.25) is 0 Å². The van der Waals surface area contributed by atoms with E-state index in [0.717, 1.165) is 13.0 Å². The first kappa shape index (κ1) is 13.7. The van der Waals surface area contributed by atoms with E-state index in [9.17, 15) is 5.26 Å². The molecule has 0 radical (unpaired) electrons. The van der Waals surface area contributed by atoms with Gasteiger partial charge in [0.15, 0.2) is 5.82 Å². The largest absolute Gasteiger partial charge is 0.494 e. The van der Waals surface area contributed by atoms with Gasteiger partial charge in [-0.15, -0.1) is 5.10 Å². The second-order valence-electron chi connectivity index (χ2n) is 4.23. The van der Waals surface area contributed by atoms with Crippen LogP contribution in [0.3, 0.4) is 0 Å². The maximum atomic E-state index is 9.23. The fourth-order valence-electron chi connectivity index (χ4n) is 1.90. The number of nitrogens with one attached hydrogen (secondary N) is 1. The van der Waals surface area contributed by atoms with Crippen molar-refractivity contribution in [3.8, 4) is 17.5 Å². The van der Waals surface area contributed by atoms with Gasteiger partial charge in [0.1, 0.15) is 28.9 Å². The average Bonchev–Trinajstić information content (AvgIpc) is 2.80. The fourth-order valence-corrected chi connectivity index (χ4v) is 1.90. The van der Waals surface area contributed by atoms with E-state index < -0.39 is 0 Å². The van der Waals surface area contributed by atoms with Crippen LogP contribution in [-0.2, 0) is 0 Å². The van der Waals surface area contributed by atoms with Gasteiger partial charge in [0.05, 0.1) is 7.11 Å². The monoisotopic (exact) mass is 271 g/mol. The van der Waals surface area contributed by atoms with E-state index in [1.165, 1.54) is 4.68 Å². The van der Waals surface area contributed by atoms with Crippen molar-refractivity contribution in [3.05, 3.63) is 29.8 Å². The lowest BCUT2D eigenvalue weighted by Crippen LogP contribution is -2.05. The Kier molecular flexibility index (Phi) is 4.11. The molecule has 0 saturated heterocycles. The lowest BCUT2D eigenvalue weighted by atomic mass is 10.3. The van der Waals surface area contributed by atoms with Gasteiger partial charge >= 0.3 is 0 Å². The second kappa shape index (κ2) is 5.97. The lowest BCUT2D eigenvalue weighted by Gasteiger charge is -2.09. The quantitative estimate of drug-likeness (QED) is 0.869. The van der Waals surface area contributed by atoms with Crippen LogP contribution >= 0.6 is 0 Å². The molecule has 0 spiro atoms. The number of nitrogens with two attached hydrogens (primary N) is 1. The molecule has 1 heterocycles. The Bertz CT molecular complexity index is 641. The molecule has 104 valence electrons. The SMILES string of the molecule is CCCNc1nn(-c2ccccc2OC)c(N)c1C#N. The van der Waals surface area contributed by atoms with Gasteiger partial charge in [0, 0.05) is 6.54 Å². The predicted molar refractivity (Wildman–Crippen MR) is 78.0 cm³/mol. The number of methoxy groups -OCH3 is 1. The van der Waals surface area contributed by atoms with Gasteiger partial charge in [-0.05, 0) is 18.6 Å². The molecule has 6 nitrogen and oxygen atoms in total. The highest BCUT2D eigenvalue weighted by molar-refractivity contribution is 5.67. The van der Waals surface area contributed by atoms with E-state index in [1.54, 1.807) is 7.11 Å². The minimum Gasteiger partial charge on any atom is -0.494 e. The highest BCUT2D eigenvalue weighted by Gasteiger charge is 2.18. The molecule has 20 heavy (non-hydrogen) atoms. The Morgan fingerprint density at radius 2 is 2.20 bits per heavy atom. The van der Waals surface area contributed by atoms with Crippen molar-refractivity contribution in [1.82, 2.24) is 9.78 Å². The first-order valence-electron chi connectivity index (χ1n) is 6.38. The summed E-state index contributed by atoms with van der Waals surface area (Å²) in [6, 6.07) is 9.48. The molecule has 1 aromatic carbocycles. The molecule has 0 amide bonds. The Balaban J connectivity index is 2.52. The Hall–Kier alpha value is -2.68. The molecule has 2 aromatic rings. The summed E-state index contributed by atoms with van der Waals surface area (Å²) in [5, 5.41) is 16.7. The molecule has 1 aromatic heterocycles. The van der Waals surface area contributed by atoms with Crippen molar-refractivity contribution in [3.63, 3.8) is 0 Å². The van der Waals surface area contributed by atoms with Crippen LogP contribution in [0.15, 0.2) is 24.3 Å². The van der Waals surface area contributed by atoms with Crippen LogP contribution in [0.4, 0.5) is 11.6 Å². The van der Waals surface area contributed by atoms with Gasteiger partial charge in [-0.1, -0.05) is 19.1 Å². The smallest absolute Gasteiger partial charge is 0.168 e. The Morgan fingerprint density at radius 1 is 1.45 bits per heavy atom. The number of nitriles is 1. The number of rotatable bonds is 5. The maximum Gasteiger partial charge on any atom is 0.168 e. The van der Waals surface area contributed by atoms with Gasteiger partial charge in [0.25, 0.3) is 0 Å². The van der Waals surface area contributed by atoms with Crippen LogP contribution < -0.4 is 15.8 Å². The summed E-state index contributed by atoms with van der Waals surface area (Å²) in [5.41, 5.74) is 7.08. The standard InChI is InChI=1S/C14H17N5O/c1-3-8-17-14-10(9-15)13(16)19(18-14)11-6-4-5-7-12(11)20-2/h4-7H,3,8,16H2,1-2H3,(H,17,18). The van der Waals surface area contributed by atoms with Gasteiger partial charge < -0.3 is 15.8 Å². The minimum atomic E-state index is 0.301. The third-order valence-electron chi connectivity index (χ3n) is 2.89. The number of nitrogen functional groups attached to an aromatic ring is 1. The number of para-hydroxylation sites is 2. The molecule has 0 atom stereocenters. The molecule has 0 saturated carbocycles. The van der Waals surface area contributed by atoms with Crippen molar-refractivity contribution < 1.29 is 4.74 Å². The molecule has 6 heteroatoms. The third kappa shape index (κ3) is 2.38. The van der Waals surface area contributed by atoms with Gasteiger partial charge in [-0.2, -0.15) is 5.26 Å². The molecule has 3 N–H and O–H groups in total. The summed E-state index contributed by atoms with van der Waals surface area (Å²) in [6.07, 6.45) is 0.937. The van der Waals surface area contributed by atoms with E-state index in [-0.39, 0.29) is 0 Å². The maximum absolute atomic E-state index is 9.23. The number of ether oxygens (including phenoxy) is 1. The lowest BCUT2D eigenvalue weighted by molar-refractivity contribution is 0.412. The van der Waals surface area contributed by atoms with E-state index >= 15 is 0 Å². The number of benzene rings is 1. The topological polar surface area (TPSA) is 88.9 Å². The molecule has 0 bridgehead atoms.